The van der Waals surface area contributed by atoms with Crippen molar-refractivity contribution in [2.45, 2.75) is 31.1 Å². The van der Waals surface area contributed by atoms with Crippen molar-refractivity contribution in [3.05, 3.63) is 34.9 Å². The predicted octanol–water partition coefficient (Wildman–Crippen LogP) is 2.97. The van der Waals surface area contributed by atoms with Crippen molar-refractivity contribution < 1.29 is 4.79 Å². The maximum atomic E-state index is 11.2. The molecule has 1 aliphatic rings. The fourth-order valence-corrected chi connectivity index (χ4v) is 2.39. The Labute approximate surface area is 97.4 Å². The summed E-state index contributed by atoms with van der Waals surface area (Å²) in [5.74, 6) is 0. The van der Waals surface area contributed by atoms with Crippen molar-refractivity contribution in [2.75, 3.05) is 0 Å². The lowest BCUT2D eigenvalue weighted by molar-refractivity contribution is -0.112. The highest BCUT2D eigenvalue weighted by Crippen LogP contribution is 2.39. The first-order chi connectivity index (χ1) is 6.77. The zero-order chi connectivity index (χ0) is 10.0. The Hall–Kier alpha value is -0.755. The quantitative estimate of drug-likeness (QED) is 0.552. The van der Waals surface area contributed by atoms with Crippen molar-refractivity contribution >= 4 is 26.3 Å². The molecule has 1 saturated carbocycles. The molecule has 3 heteroatoms. The van der Waals surface area contributed by atoms with Crippen LogP contribution < -0.4 is 0 Å². The minimum Gasteiger partial charge on any atom is -0.302 e. The van der Waals surface area contributed by atoms with Crippen LogP contribution in [0.15, 0.2) is 24.3 Å². The Morgan fingerprint density at radius 2 is 1.67 bits per heavy atom. The number of hydrogen-bond donors (Lipinski definition) is 0. The monoisotopic (exact) mass is 219 g/mol. The van der Waals surface area contributed by atoms with Crippen LogP contribution >= 0.6 is 11.6 Å². The second kappa shape index (κ2) is 4.85. The summed E-state index contributed by atoms with van der Waals surface area (Å²) in [6, 6.07) is 7.67. The molecule has 1 aromatic carbocycles. The average molecular weight is 219 g/mol. The Balaban J connectivity index is 0.00000112. The Morgan fingerprint density at radius 3 is 2.13 bits per heavy atom. The third-order valence-corrected chi connectivity index (χ3v) is 3.39. The van der Waals surface area contributed by atoms with E-state index in [9.17, 15) is 4.79 Å². The summed E-state index contributed by atoms with van der Waals surface area (Å²) < 4.78 is 0. The summed E-state index contributed by atoms with van der Waals surface area (Å²) in [7, 11) is 0. The fraction of sp³-hybridized carbons (Fsp3) is 0.417. The SMILES string of the molecule is O=CC1(c2ccc(Cl)cc2)CCCC1.[B]. The first-order valence-corrected chi connectivity index (χ1v) is 5.37. The summed E-state index contributed by atoms with van der Waals surface area (Å²) in [6.07, 6.45) is 5.39. The van der Waals surface area contributed by atoms with Crippen LogP contribution in [0.5, 0.6) is 0 Å². The van der Waals surface area contributed by atoms with E-state index in [1.165, 1.54) is 0 Å². The zero-order valence-electron chi connectivity index (χ0n) is 8.58. The van der Waals surface area contributed by atoms with Gasteiger partial charge in [0, 0.05) is 13.4 Å². The predicted molar refractivity (Wildman–Crippen MR) is 63.4 cm³/mol. The second-order valence-corrected chi connectivity index (χ2v) is 4.42. The van der Waals surface area contributed by atoms with E-state index >= 15 is 0 Å². The fourth-order valence-electron chi connectivity index (χ4n) is 2.26. The van der Waals surface area contributed by atoms with Crippen LogP contribution in [0.25, 0.3) is 0 Å². The highest BCUT2D eigenvalue weighted by molar-refractivity contribution is 6.30. The van der Waals surface area contributed by atoms with E-state index in [-0.39, 0.29) is 13.8 Å². The number of hydrogen-bond acceptors (Lipinski definition) is 1. The molecule has 77 valence electrons. The van der Waals surface area contributed by atoms with Gasteiger partial charge in [0.2, 0.25) is 0 Å². The van der Waals surface area contributed by atoms with Gasteiger partial charge < -0.3 is 4.79 Å². The van der Waals surface area contributed by atoms with Crippen LogP contribution in [0, 0.1) is 0 Å². The lowest BCUT2D eigenvalue weighted by atomic mass is 9.80. The third kappa shape index (κ3) is 2.26. The highest BCUT2D eigenvalue weighted by Gasteiger charge is 2.34. The molecular weight excluding hydrogens is 206 g/mol. The van der Waals surface area contributed by atoms with E-state index in [4.69, 9.17) is 11.6 Å². The van der Waals surface area contributed by atoms with Gasteiger partial charge in [0.15, 0.2) is 0 Å². The number of aldehydes is 1. The number of halogens is 1. The van der Waals surface area contributed by atoms with E-state index < -0.39 is 0 Å². The van der Waals surface area contributed by atoms with Gasteiger partial charge in [-0.2, -0.15) is 0 Å². The van der Waals surface area contributed by atoms with Crippen LogP contribution in [0.2, 0.25) is 5.02 Å². The molecule has 0 heterocycles. The summed E-state index contributed by atoms with van der Waals surface area (Å²) in [5, 5.41) is 0.729. The minimum absolute atomic E-state index is 0. The summed E-state index contributed by atoms with van der Waals surface area (Å²) in [6.45, 7) is 0. The van der Waals surface area contributed by atoms with Crippen molar-refractivity contribution in [2.24, 2.45) is 0 Å². The first-order valence-electron chi connectivity index (χ1n) is 4.99. The molecule has 1 nitrogen and oxygen atoms in total. The maximum absolute atomic E-state index is 11.2. The molecule has 0 aromatic heterocycles. The van der Waals surface area contributed by atoms with Crippen LogP contribution in [-0.2, 0) is 10.2 Å². The summed E-state index contributed by atoms with van der Waals surface area (Å²) in [4.78, 5) is 11.2. The van der Waals surface area contributed by atoms with Crippen LogP contribution in [-0.4, -0.2) is 14.7 Å². The largest absolute Gasteiger partial charge is 0.302 e. The number of carbonyl (C=O) groups is 1. The van der Waals surface area contributed by atoms with Crippen molar-refractivity contribution in [3.8, 4) is 0 Å². The molecule has 1 aliphatic carbocycles. The van der Waals surface area contributed by atoms with E-state index in [2.05, 4.69) is 0 Å². The highest BCUT2D eigenvalue weighted by atomic mass is 35.5. The van der Waals surface area contributed by atoms with Crippen LogP contribution in [0.3, 0.4) is 0 Å². The normalized spacial score (nSPS) is 18.2. The summed E-state index contributed by atoms with van der Waals surface area (Å²) in [5.41, 5.74) is 0.902. The molecule has 0 unspecified atom stereocenters. The molecule has 0 spiro atoms. The topological polar surface area (TPSA) is 17.1 Å². The molecular formula is C12H13BClO. The molecule has 3 radical (unpaired) electrons. The van der Waals surface area contributed by atoms with Gasteiger partial charge in [-0.1, -0.05) is 36.6 Å². The van der Waals surface area contributed by atoms with Gasteiger partial charge in [-0.25, -0.2) is 0 Å². The molecule has 1 fully saturated rings. The number of benzene rings is 1. The Kier molecular flexibility index (Phi) is 3.98. The molecule has 0 amide bonds. The molecule has 0 aliphatic heterocycles. The molecule has 2 rings (SSSR count). The van der Waals surface area contributed by atoms with Gasteiger partial charge >= 0.3 is 0 Å². The summed E-state index contributed by atoms with van der Waals surface area (Å²) >= 11 is 5.82. The number of rotatable bonds is 2. The zero-order valence-corrected chi connectivity index (χ0v) is 9.33. The van der Waals surface area contributed by atoms with Gasteiger partial charge in [-0.3, -0.25) is 0 Å². The molecule has 0 saturated heterocycles. The van der Waals surface area contributed by atoms with Gasteiger partial charge in [0.1, 0.15) is 6.29 Å². The van der Waals surface area contributed by atoms with E-state index in [1.54, 1.807) is 0 Å². The van der Waals surface area contributed by atoms with Gasteiger partial charge in [-0.15, -0.1) is 0 Å². The lowest BCUT2D eigenvalue weighted by Gasteiger charge is -2.22. The maximum Gasteiger partial charge on any atom is 0.130 e. The third-order valence-electron chi connectivity index (χ3n) is 3.14. The molecule has 0 bridgehead atoms. The first kappa shape index (κ1) is 12.3. The van der Waals surface area contributed by atoms with E-state index in [0.717, 1.165) is 42.6 Å². The molecule has 15 heavy (non-hydrogen) atoms. The van der Waals surface area contributed by atoms with Gasteiger partial charge in [0.05, 0.1) is 5.41 Å². The van der Waals surface area contributed by atoms with Crippen molar-refractivity contribution in [1.82, 2.24) is 0 Å². The van der Waals surface area contributed by atoms with Gasteiger partial charge in [0.25, 0.3) is 0 Å². The van der Waals surface area contributed by atoms with E-state index in [0.29, 0.717) is 0 Å². The van der Waals surface area contributed by atoms with Crippen LogP contribution in [0.1, 0.15) is 31.2 Å². The van der Waals surface area contributed by atoms with Crippen molar-refractivity contribution in [3.63, 3.8) is 0 Å². The lowest BCUT2D eigenvalue weighted by Crippen LogP contribution is -2.23. The van der Waals surface area contributed by atoms with Crippen LogP contribution in [0.4, 0.5) is 0 Å². The molecule has 0 atom stereocenters. The van der Waals surface area contributed by atoms with E-state index in [1.807, 2.05) is 24.3 Å². The number of carbonyl (C=O) groups excluding carboxylic acids is 1. The Bertz CT molecular complexity index is 328. The smallest absolute Gasteiger partial charge is 0.130 e. The van der Waals surface area contributed by atoms with Gasteiger partial charge in [-0.05, 0) is 30.5 Å². The minimum atomic E-state index is -0.218. The molecule has 1 aromatic rings. The standard InChI is InChI=1S/C12H13ClO.B/c13-11-5-3-10(4-6-11)12(9-14)7-1-2-8-12;/h3-6,9H,1-2,7-8H2;. The molecule has 0 N–H and O–H groups in total. The van der Waals surface area contributed by atoms with Crippen molar-refractivity contribution in [1.29, 1.82) is 0 Å². The average Bonchev–Trinajstić information content (AvgIpc) is 2.68. The second-order valence-electron chi connectivity index (χ2n) is 3.99. The Morgan fingerprint density at radius 1 is 1.13 bits per heavy atom.